The summed E-state index contributed by atoms with van der Waals surface area (Å²) in [5.41, 5.74) is 0.895. The van der Waals surface area contributed by atoms with Gasteiger partial charge in [0.1, 0.15) is 11.4 Å². The molecule has 0 atom stereocenters. The summed E-state index contributed by atoms with van der Waals surface area (Å²) in [5, 5.41) is 0.825. The van der Waals surface area contributed by atoms with E-state index in [1.807, 2.05) is 18.9 Å². The average molecular weight is 378 g/mol. The maximum Gasteiger partial charge on any atom is 0.264 e. The number of hydrogen-bond acceptors (Lipinski definition) is 6. The standard InChI is InChI=1S/C19H27N3O3S/c1-11-6-8-13(9-7-11)22(3)19(23)16-12(2)15-17(25-5)20-14(10-24-4)21-18(15)26-16/h11,13H,6-10H2,1-5H3. The largest absolute Gasteiger partial charge is 0.480 e. The van der Waals surface area contributed by atoms with Gasteiger partial charge in [0.15, 0.2) is 5.82 Å². The summed E-state index contributed by atoms with van der Waals surface area (Å²) in [7, 11) is 5.12. The van der Waals surface area contributed by atoms with Crippen molar-refractivity contribution in [1.82, 2.24) is 14.9 Å². The van der Waals surface area contributed by atoms with E-state index in [1.54, 1.807) is 14.2 Å². The Kier molecular flexibility index (Phi) is 5.77. The predicted molar refractivity (Wildman–Crippen MR) is 103 cm³/mol. The van der Waals surface area contributed by atoms with Gasteiger partial charge in [-0.1, -0.05) is 6.92 Å². The summed E-state index contributed by atoms with van der Waals surface area (Å²) in [6.07, 6.45) is 4.53. The Hall–Kier alpha value is -1.73. The van der Waals surface area contributed by atoms with E-state index in [0.29, 0.717) is 24.4 Å². The van der Waals surface area contributed by atoms with Crippen LogP contribution < -0.4 is 4.74 Å². The molecule has 1 saturated carbocycles. The van der Waals surface area contributed by atoms with Gasteiger partial charge in [-0.25, -0.2) is 4.98 Å². The summed E-state index contributed by atoms with van der Waals surface area (Å²) < 4.78 is 10.6. The molecule has 3 rings (SSSR count). The Bertz CT molecular complexity index is 797. The van der Waals surface area contributed by atoms with Crippen molar-refractivity contribution in [2.45, 2.75) is 52.2 Å². The minimum atomic E-state index is 0.0698. The number of fused-ring (bicyclic) bond motifs is 1. The molecule has 0 aromatic carbocycles. The number of aromatic nitrogens is 2. The van der Waals surface area contributed by atoms with Gasteiger partial charge in [0.05, 0.1) is 17.4 Å². The van der Waals surface area contributed by atoms with Crippen LogP contribution in [0.2, 0.25) is 0 Å². The highest BCUT2D eigenvalue weighted by Gasteiger charge is 2.29. The molecule has 0 aliphatic heterocycles. The van der Waals surface area contributed by atoms with E-state index < -0.39 is 0 Å². The molecule has 0 N–H and O–H groups in total. The van der Waals surface area contributed by atoms with Crippen molar-refractivity contribution in [2.75, 3.05) is 21.3 Å². The third-order valence-electron chi connectivity index (χ3n) is 5.32. The Labute approximate surface area is 158 Å². The van der Waals surface area contributed by atoms with Gasteiger partial charge >= 0.3 is 0 Å². The second kappa shape index (κ2) is 7.88. The molecule has 2 aromatic heterocycles. The number of amides is 1. The molecule has 1 aliphatic carbocycles. The second-order valence-corrected chi connectivity index (χ2v) is 8.15. The molecule has 6 nitrogen and oxygen atoms in total. The van der Waals surface area contributed by atoms with Gasteiger partial charge in [-0.2, -0.15) is 4.98 Å². The average Bonchev–Trinajstić information content (AvgIpc) is 2.97. The van der Waals surface area contributed by atoms with Crippen LogP contribution in [0.15, 0.2) is 0 Å². The molecule has 0 radical (unpaired) electrons. The van der Waals surface area contributed by atoms with E-state index in [1.165, 1.54) is 24.2 Å². The highest BCUT2D eigenvalue weighted by Crippen LogP contribution is 2.36. The molecule has 142 valence electrons. The lowest BCUT2D eigenvalue weighted by molar-refractivity contribution is 0.0684. The zero-order valence-electron chi connectivity index (χ0n) is 16.2. The van der Waals surface area contributed by atoms with E-state index in [-0.39, 0.29) is 5.91 Å². The van der Waals surface area contributed by atoms with Crippen molar-refractivity contribution in [3.63, 3.8) is 0 Å². The maximum atomic E-state index is 13.1. The van der Waals surface area contributed by atoms with Crippen molar-refractivity contribution in [2.24, 2.45) is 5.92 Å². The number of rotatable bonds is 5. The fourth-order valence-corrected chi connectivity index (χ4v) is 4.82. The smallest absolute Gasteiger partial charge is 0.264 e. The molecular weight excluding hydrogens is 350 g/mol. The fraction of sp³-hybridized carbons (Fsp3) is 0.632. The second-order valence-electron chi connectivity index (χ2n) is 7.15. The molecule has 7 heteroatoms. The summed E-state index contributed by atoms with van der Waals surface area (Å²) >= 11 is 1.42. The van der Waals surface area contributed by atoms with Gasteiger partial charge in [-0.15, -0.1) is 11.3 Å². The first-order valence-corrected chi connectivity index (χ1v) is 9.88. The maximum absolute atomic E-state index is 13.1. The lowest BCUT2D eigenvalue weighted by atomic mass is 9.86. The van der Waals surface area contributed by atoms with Crippen LogP contribution >= 0.6 is 11.3 Å². The Balaban J connectivity index is 1.94. The molecule has 0 spiro atoms. The number of thiophene rings is 1. The molecule has 2 heterocycles. The lowest BCUT2D eigenvalue weighted by Gasteiger charge is -2.33. The highest BCUT2D eigenvalue weighted by molar-refractivity contribution is 7.20. The Morgan fingerprint density at radius 1 is 1.23 bits per heavy atom. The lowest BCUT2D eigenvalue weighted by Crippen LogP contribution is -2.39. The number of methoxy groups -OCH3 is 2. The highest BCUT2D eigenvalue weighted by atomic mass is 32.1. The molecule has 0 unspecified atom stereocenters. The first-order valence-electron chi connectivity index (χ1n) is 9.06. The molecule has 0 bridgehead atoms. The molecule has 0 saturated heterocycles. The minimum Gasteiger partial charge on any atom is -0.480 e. The van der Waals surface area contributed by atoms with Crippen molar-refractivity contribution in [3.8, 4) is 5.88 Å². The third kappa shape index (κ3) is 3.55. The normalized spacial score (nSPS) is 20.3. The van der Waals surface area contributed by atoms with Crippen molar-refractivity contribution >= 4 is 27.5 Å². The number of aryl methyl sites for hydroxylation is 1. The molecule has 1 amide bonds. The quantitative estimate of drug-likeness (QED) is 0.793. The van der Waals surface area contributed by atoms with Gasteiger partial charge in [0, 0.05) is 20.2 Å². The number of hydrogen-bond donors (Lipinski definition) is 0. The van der Waals surface area contributed by atoms with Crippen LogP contribution in [0.3, 0.4) is 0 Å². The van der Waals surface area contributed by atoms with Crippen LogP contribution in [0.5, 0.6) is 5.88 Å². The van der Waals surface area contributed by atoms with Crippen molar-refractivity contribution in [1.29, 1.82) is 0 Å². The van der Waals surface area contributed by atoms with Gasteiger partial charge < -0.3 is 14.4 Å². The number of nitrogens with zero attached hydrogens (tertiary/aromatic N) is 3. The van der Waals surface area contributed by atoms with Crippen LogP contribution in [-0.2, 0) is 11.3 Å². The Morgan fingerprint density at radius 2 is 1.92 bits per heavy atom. The monoisotopic (exact) mass is 377 g/mol. The van der Waals surface area contributed by atoms with Crippen LogP contribution in [-0.4, -0.2) is 48.1 Å². The van der Waals surface area contributed by atoms with Crippen LogP contribution in [0.25, 0.3) is 10.2 Å². The molecule has 1 aliphatic rings. The first-order chi connectivity index (χ1) is 12.5. The molecule has 1 fully saturated rings. The Morgan fingerprint density at radius 3 is 2.54 bits per heavy atom. The summed E-state index contributed by atoms with van der Waals surface area (Å²) in [6, 6.07) is 0.320. The van der Waals surface area contributed by atoms with Gasteiger partial charge in [0.25, 0.3) is 5.91 Å². The van der Waals surface area contributed by atoms with Crippen LogP contribution in [0, 0.1) is 12.8 Å². The van der Waals surface area contributed by atoms with Gasteiger partial charge in [-0.3, -0.25) is 4.79 Å². The predicted octanol–water partition coefficient (Wildman–Crippen LogP) is 3.81. The third-order valence-corrected chi connectivity index (χ3v) is 6.49. The van der Waals surface area contributed by atoms with E-state index in [9.17, 15) is 4.79 Å². The van der Waals surface area contributed by atoms with Gasteiger partial charge in [-0.05, 0) is 44.1 Å². The van der Waals surface area contributed by atoms with Crippen molar-refractivity contribution < 1.29 is 14.3 Å². The number of ether oxygens (including phenoxy) is 2. The van der Waals surface area contributed by atoms with E-state index in [0.717, 1.165) is 39.4 Å². The SMILES string of the molecule is COCc1nc(OC)c2c(C)c(C(=O)N(C)C3CCC(C)CC3)sc2n1. The summed E-state index contributed by atoms with van der Waals surface area (Å²) in [4.78, 5) is 25.5. The molecule has 2 aromatic rings. The van der Waals surface area contributed by atoms with E-state index >= 15 is 0 Å². The summed E-state index contributed by atoms with van der Waals surface area (Å²) in [6.45, 7) is 4.55. The van der Waals surface area contributed by atoms with E-state index in [4.69, 9.17) is 9.47 Å². The number of carbonyl (C=O) groups excluding carboxylic acids is 1. The van der Waals surface area contributed by atoms with E-state index in [2.05, 4.69) is 16.9 Å². The van der Waals surface area contributed by atoms with Crippen molar-refractivity contribution in [3.05, 3.63) is 16.3 Å². The zero-order chi connectivity index (χ0) is 18.8. The first kappa shape index (κ1) is 19.0. The van der Waals surface area contributed by atoms with Gasteiger partial charge in [0.2, 0.25) is 5.88 Å². The summed E-state index contributed by atoms with van der Waals surface area (Å²) in [5.74, 6) is 1.90. The topological polar surface area (TPSA) is 64.6 Å². The van der Waals surface area contributed by atoms with Crippen LogP contribution in [0.1, 0.15) is 53.7 Å². The minimum absolute atomic E-state index is 0.0698. The fourth-order valence-electron chi connectivity index (χ4n) is 3.65. The molecule has 26 heavy (non-hydrogen) atoms. The van der Waals surface area contributed by atoms with Crippen LogP contribution in [0.4, 0.5) is 0 Å². The molecular formula is C19H27N3O3S. The zero-order valence-corrected chi connectivity index (χ0v) is 17.0. The number of carbonyl (C=O) groups is 1.